The van der Waals surface area contributed by atoms with Crippen molar-refractivity contribution in [1.82, 2.24) is 24.8 Å². The molecule has 0 atom stereocenters. The van der Waals surface area contributed by atoms with Gasteiger partial charge in [0.1, 0.15) is 17.4 Å². The molecule has 0 radical (unpaired) electrons. The van der Waals surface area contributed by atoms with E-state index < -0.39 is 0 Å². The number of benzene rings is 1. The van der Waals surface area contributed by atoms with Crippen LogP contribution in [0.4, 0.5) is 16.8 Å². The maximum atomic E-state index is 6.69. The molecule has 1 aliphatic carbocycles. The van der Waals surface area contributed by atoms with Crippen molar-refractivity contribution in [3.05, 3.63) is 46.1 Å². The maximum Gasteiger partial charge on any atom is 0.325 e. The van der Waals surface area contributed by atoms with E-state index in [1.807, 2.05) is 37.4 Å². The Morgan fingerprint density at radius 3 is 2.74 bits per heavy atom. The summed E-state index contributed by atoms with van der Waals surface area (Å²) in [5, 5.41) is 5.69. The SMILES string of the molecule is Cc1cc2c(Cl)c(Oc3nc(Nc4ncc(C5CCC5)s4)cc(N4CCN(C)CC4)n3)ccc2[nH]1. The number of anilines is 3. The number of aromatic amines is 1. The minimum atomic E-state index is 0.258. The van der Waals surface area contributed by atoms with Crippen molar-refractivity contribution in [2.45, 2.75) is 32.1 Å². The van der Waals surface area contributed by atoms with E-state index in [1.165, 1.54) is 24.1 Å². The Hall–Kier alpha value is -2.88. The lowest BCUT2D eigenvalue weighted by Crippen LogP contribution is -2.44. The Kier molecular flexibility index (Phi) is 5.99. The van der Waals surface area contributed by atoms with Gasteiger partial charge in [0.25, 0.3) is 0 Å². The number of nitrogens with zero attached hydrogens (tertiary/aromatic N) is 5. The zero-order valence-electron chi connectivity index (χ0n) is 19.8. The predicted octanol–water partition coefficient (Wildman–Crippen LogP) is 5.93. The molecule has 1 saturated heterocycles. The zero-order valence-corrected chi connectivity index (χ0v) is 21.4. The van der Waals surface area contributed by atoms with E-state index in [0.717, 1.165) is 53.7 Å². The Labute approximate surface area is 213 Å². The van der Waals surface area contributed by atoms with Gasteiger partial charge in [-0.2, -0.15) is 9.97 Å². The van der Waals surface area contributed by atoms with Gasteiger partial charge in [0, 0.05) is 59.9 Å². The van der Waals surface area contributed by atoms with E-state index >= 15 is 0 Å². The van der Waals surface area contributed by atoms with Crippen molar-refractivity contribution >= 4 is 50.6 Å². The average Bonchev–Trinajstić information content (AvgIpc) is 3.41. The topological polar surface area (TPSA) is 82.2 Å². The Bertz CT molecular complexity index is 1360. The van der Waals surface area contributed by atoms with E-state index in [-0.39, 0.29) is 6.01 Å². The number of hydrogen-bond acceptors (Lipinski definition) is 8. The first-order chi connectivity index (χ1) is 17.0. The van der Waals surface area contributed by atoms with E-state index in [4.69, 9.17) is 21.3 Å². The van der Waals surface area contributed by atoms with Crippen LogP contribution in [-0.2, 0) is 0 Å². The Balaban J connectivity index is 1.31. The molecule has 0 amide bonds. The molecule has 2 fully saturated rings. The first-order valence-corrected chi connectivity index (χ1v) is 13.2. The lowest BCUT2D eigenvalue weighted by Gasteiger charge is -2.33. The van der Waals surface area contributed by atoms with E-state index in [2.05, 4.69) is 37.1 Å². The molecule has 0 unspecified atom stereocenters. The van der Waals surface area contributed by atoms with Gasteiger partial charge in [-0.1, -0.05) is 18.0 Å². The minimum absolute atomic E-state index is 0.258. The van der Waals surface area contributed by atoms with Crippen LogP contribution in [0.5, 0.6) is 11.8 Å². The number of halogens is 1. The summed E-state index contributed by atoms with van der Waals surface area (Å²) in [7, 11) is 2.14. The molecule has 2 N–H and O–H groups in total. The normalized spacial score (nSPS) is 17.1. The fourth-order valence-corrected chi connectivity index (χ4v) is 5.77. The van der Waals surface area contributed by atoms with Crippen molar-refractivity contribution in [1.29, 1.82) is 0 Å². The monoisotopic (exact) mass is 509 g/mol. The molecule has 8 nitrogen and oxygen atoms in total. The fourth-order valence-electron chi connectivity index (χ4n) is 4.52. The van der Waals surface area contributed by atoms with Gasteiger partial charge in [-0.25, -0.2) is 4.98 Å². The number of thiazole rings is 1. The summed E-state index contributed by atoms with van der Waals surface area (Å²) in [6.45, 7) is 5.76. The Morgan fingerprint density at radius 2 is 1.97 bits per heavy atom. The number of ether oxygens (including phenoxy) is 1. The van der Waals surface area contributed by atoms with Crippen LogP contribution in [0.3, 0.4) is 0 Å². The van der Waals surface area contributed by atoms with Crippen LogP contribution in [-0.4, -0.2) is 58.1 Å². The van der Waals surface area contributed by atoms with Gasteiger partial charge in [-0.05, 0) is 50.9 Å². The molecule has 1 saturated carbocycles. The molecule has 1 aromatic carbocycles. The molecule has 4 aromatic rings. The molecule has 0 spiro atoms. The highest BCUT2D eigenvalue weighted by molar-refractivity contribution is 7.15. The molecule has 1 aliphatic heterocycles. The first kappa shape index (κ1) is 22.6. The molecule has 2 aliphatic rings. The van der Waals surface area contributed by atoms with Gasteiger partial charge in [-0.3, -0.25) is 0 Å². The molecular formula is C25H28ClN7OS. The number of hydrogen-bond donors (Lipinski definition) is 2. The van der Waals surface area contributed by atoms with Crippen molar-refractivity contribution in [2.75, 3.05) is 43.4 Å². The van der Waals surface area contributed by atoms with Gasteiger partial charge in [0.15, 0.2) is 5.13 Å². The van der Waals surface area contributed by atoms with Gasteiger partial charge in [0.05, 0.1) is 5.02 Å². The van der Waals surface area contributed by atoms with Gasteiger partial charge >= 0.3 is 6.01 Å². The highest BCUT2D eigenvalue weighted by Crippen LogP contribution is 2.41. The third kappa shape index (κ3) is 4.68. The lowest BCUT2D eigenvalue weighted by molar-refractivity contribution is 0.311. The van der Waals surface area contributed by atoms with Crippen molar-refractivity contribution in [2.24, 2.45) is 0 Å². The van der Waals surface area contributed by atoms with Crippen LogP contribution in [0, 0.1) is 6.92 Å². The summed E-state index contributed by atoms with van der Waals surface area (Å²) in [5.74, 6) is 2.67. The number of H-pyrrole nitrogens is 1. The molecule has 35 heavy (non-hydrogen) atoms. The summed E-state index contributed by atoms with van der Waals surface area (Å²) in [4.78, 5) is 23.2. The molecule has 10 heteroatoms. The molecule has 6 rings (SSSR count). The maximum absolute atomic E-state index is 6.69. The van der Waals surface area contributed by atoms with E-state index in [1.54, 1.807) is 11.3 Å². The molecular weight excluding hydrogens is 482 g/mol. The van der Waals surface area contributed by atoms with Crippen LogP contribution >= 0.6 is 22.9 Å². The average molecular weight is 510 g/mol. The third-order valence-electron chi connectivity index (χ3n) is 6.82. The molecule has 182 valence electrons. The predicted molar refractivity (Wildman–Crippen MR) is 142 cm³/mol. The number of aromatic nitrogens is 4. The largest absolute Gasteiger partial charge is 0.423 e. The zero-order chi connectivity index (χ0) is 23.9. The van der Waals surface area contributed by atoms with Crippen LogP contribution < -0.4 is 15.0 Å². The van der Waals surface area contributed by atoms with Crippen molar-refractivity contribution in [3.63, 3.8) is 0 Å². The fraction of sp³-hybridized carbons (Fsp3) is 0.400. The second-order valence-electron chi connectivity index (χ2n) is 9.40. The van der Waals surface area contributed by atoms with Crippen molar-refractivity contribution in [3.8, 4) is 11.8 Å². The van der Waals surface area contributed by atoms with Crippen LogP contribution in [0.15, 0.2) is 30.5 Å². The first-order valence-electron chi connectivity index (χ1n) is 12.0. The number of nitrogens with one attached hydrogen (secondary N) is 2. The van der Waals surface area contributed by atoms with Crippen LogP contribution in [0.1, 0.15) is 35.8 Å². The summed E-state index contributed by atoms with van der Waals surface area (Å²) in [5.41, 5.74) is 2.02. The second-order valence-corrected chi connectivity index (χ2v) is 10.8. The number of fused-ring (bicyclic) bond motifs is 1. The van der Waals surface area contributed by atoms with E-state index in [9.17, 15) is 0 Å². The quantitative estimate of drug-likeness (QED) is 0.333. The van der Waals surface area contributed by atoms with Gasteiger partial charge < -0.3 is 24.8 Å². The van der Waals surface area contributed by atoms with Gasteiger partial charge in [0.2, 0.25) is 0 Å². The molecule has 0 bridgehead atoms. The van der Waals surface area contributed by atoms with Crippen LogP contribution in [0.2, 0.25) is 5.02 Å². The third-order valence-corrected chi connectivity index (χ3v) is 8.29. The summed E-state index contributed by atoms with van der Waals surface area (Å²) in [6.07, 6.45) is 5.81. The second kappa shape index (κ2) is 9.29. The number of piperazine rings is 1. The number of rotatable bonds is 6. The summed E-state index contributed by atoms with van der Waals surface area (Å²) >= 11 is 8.39. The number of likely N-dealkylation sites (N-methyl/N-ethyl adjacent to an activating group) is 1. The van der Waals surface area contributed by atoms with Crippen molar-refractivity contribution < 1.29 is 4.74 Å². The standard InChI is InChI=1S/C25H28ClN7OS/c1-15-12-17-18(28-15)6-7-19(23(17)26)34-24-29-21(13-22(31-24)33-10-8-32(2)9-11-33)30-25-27-14-20(35-25)16-4-3-5-16/h6-7,12-14,16,28H,3-5,8-11H2,1-2H3,(H,27,29,30,31). The summed E-state index contributed by atoms with van der Waals surface area (Å²) in [6, 6.07) is 8.06. The minimum Gasteiger partial charge on any atom is -0.423 e. The molecule has 4 heterocycles. The smallest absolute Gasteiger partial charge is 0.325 e. The van der Waals surface area contributed by atoms with Gasteiger partial charge in [-0.15, -0.1) is 11.3 Å². The lowest BCUT2D eigenvalue weighted by atomic mass is 9.85. The highest BCUT2D eigenvalue weighted by atomic mass is 35.5. The summed E-state index contributed by atoms with van der Waals surface area (Å²) < 4.78 is 6.17. The van der Waals surface area contributed by atoms with E-state index in [0.29, 0.717) is 22.5 Å². The Morgan fingerprint density at radius 1 is 1.14 bits per heavy atom. The number of aryl methyl sites for hydroxylation is 1. The highest BCUT2D eigenvalue weighted by Gasteiger charge is 2.23. The van der Waals surface area contributed by atoms with Crippen LogP contribution in [0.25, 0.3) is 10.9 Å². The molecule has 3 aromatic heterocycles.